The Labute approximate surface area is 290 Å². The molecule has 0 N–H and O–H groups in total. The van der Waals surface area contributed by atoms with E-state index >= 15 is 0 Å². The van der Waals surface area contributed by atoms with Gasteiger partial charge in [-0.1, -0.05) is 91.0 Å². The molecule has 4 aromatic heterocycles. The van der Waals surface area contributed by atoms with Crippen molar-refractivity contribution < 1.29 is 14.1 Å². The van der Waals surface area contributed by atoms with Gasteiger partial charge in [0.05, 0.1) is 22.6 Å². The molecule has 1 aliphatic carbocycles. The van der Waals surface area contributed by atoms with Crippen LogP contribution in [0.15, 0.2) is 152 Å². The molecule has 0 amide bonds. The zero-order valence-electron chi connectivity index (χ0n) is 27.0. The minimum Gasteiger partial charge on any atom is -0.394 e. The van der Waals surface area contributed by atoms with Crippen molar-refractivity contribution in [3.63, 3.8) is 0 Å². The molecule has 0 radical (unpaired) electrons. The summed E-state index contributed by atoms with van der Waals surface area (Å²) in [7, 11) is 0. The Hall–Kier alpha value is -6.83. The number of quaternary nitrogens is 1. The molecule has 51 heavy (non-hydrogen) atoms. The van der Waals surface area contributed by atoms with Gasteiger partial charge in [-0.2, -0.15) is 4.57 Å². The van der Waals surface area contributed by atoms with Crippen molar-refractivity contribution in [1.29, 1.82) is 0 Å². The molecule has 234 valence electrons. The third-order valence-electron chi connectivity index (χ3n) is 12.1. The van der Waals surface area contributed by atoms with Crippen LogP contribution in [0.5, 0.6) is 11.6 Å². The van der Waals surface area contributed by atoms with E-state index in [2.05, 4.69) is 170 Å². The molecule has 0 saturated heterocycles. The smallest absolute Gasteiger partial charge is 0.394 e. The number of pyridine rings is 2. The Bertz CT molecular complexity index is 3090. The fourth-order valence-corrected chi connectivity index (χ4v) is 10.4. The van der Waals surface area contributed by atoms with Gasteiger partial charge in [-0.25, -0.2) is 0 Å². The fraction of sp³-hybridized carbons (Fsp3) is 0.0227. The number of hydrogen-bond donors (Lipinski definition) is 0. The largest absolute Gasteiger partial charge is 0.438 e. The van der Waals surface area contributed by atoms with Crippen molar-refractivity contribution in [1.82, 2.24) is 19.3 Å². The lowest BCUT2D eigenvalue weighted by atomic mass is 9.65. The van der Waals surface area contributed by atoms with E-state index in [1.807, 2.05) is 0 Å². The Morgan fingerprint density at radius 3 is 2.24 bits per heavy atom. The first-order valence-corrected chi connectivity index (χ1v) is 17.5. The first-order chi connectivity index (χ1) is 25.3. The summed E-state index contributed by atoms with van der Waals surface area (Å²) in [6.45, 7) is 0. The second kappa shape index (κ2) is 7.97. The van der Waals surface area contributed by atoms with Crippen LogP contribution >= 0.6 is 0 Å². The highest BCUT2D eigenvalue weighted by molar-refractivity contribution is 6.12. The van der Waals surface area contributed by atoms with Crippen molar-refractivity contribution in [2.75, 3.05) is 0 Å². The first-order valence-electron chi connectivity index (χ1n) is 17.5. The number of rotatable bonds is 1. The average Bonchev–Trinajstić information content (AvgIpc) is 3.92. The topological polar surface area (TPSA) is 39.7 Å². The van der Waals surface area contributed by atoms with Crippen LogP contribution < -0.4 is 18.9 Å². The molecule has 0 fully saturated rings. The summed E-state index contributed by atoms with van der Waals surface area (Å²) in [5.74, 6) is 1.59. The van der Waals surface area contributed by atoms with Gasteiger partial charge >= 0.3 is 22.9 Å². The van der Waals surface area contributed by atoms with Crippen LogP contribution in [-0.2, 0) is 5.41 Å². The van der Waals surface area contributed by atoms with Crippen LogP contribution in [0.2, 0.25) is 0 Å². The maximum absolute atomic E-state index is 6.97. The minimum absolute atomic E-state index is 0.161. The van der Waals surface area contributed by atoms with E-state index in [9.17, 15) is 0 Å². The van der Waals surface area contributed by atoms with Crippen molar-refractivity contribution >= 4 is 27.6 Å². The highest BCUT2D eigenvalue weighted by atomic mass is 16.5. The van der Waals surface area contributed by atoms with Crippen molar-refractivity contribution in [2.24, 2.45) is 0 Å². The van der Waals surface area contributed by atoms with Gasteiger partial charge in [-0.15, -0.1) is 5.10 Å². The van der Waals surface area contributed by atoms with Gasteiger partial charge in [-0.3, -0.25) is 0 Å². The van der Waals surface area contributed by atoms with Gasteiger partial charge < -0.3 is 4.74 Å². The second-order valence-electron chi connectivity index (χ2n) is 14.2. The molecule has 8 heterocycles. The zero-order valence-corrected chi connectivity index (χ0v) is 27.0. The van der Waals surface area contributed by atoms with E-state index < -0.39 is 5.41 Å². The van der Waals surface area contributed by atoms with E-state index in [4.69, 9.17) is 9.84 Å². The molecule has 0 saturated carbocycles. The molecule has 9 aromatic rings. The van der Waals surface area contributed by atoms with E-state index in [-0.39, 0.29) is 4.81 Å². The number of ether oxygens (including phenoxy) is 1. The van der Waals surface area contributed by atoms with Crippen molar-refractivity contribution in [2.45, 2.75) is 5.41 Å². The van der Waals surface area contributed by atoms with Gasteiger partial charge in [0.1, 0.15) is 10.2 Å². The molecule has 0 bridgehead atoms. The minimum atomic E-state index is -0.542. The molecule has 1 atom stereocenters. The lowest BCUT2D eigenvalue weighted by Gasteiger charge is -2.39. The Morgan fingerprint density at radius 2 is 1.39 bits per heavy atom. The van der Waals surface area contributed by atoms with Gasteiger partial charge in [-0.05, 0) is 58.7 Å². The molecular weight excluding hydrogens is 629 g/mol. The number of para-hydroxylation sites is 1. The second-order valence-corrected chi connectivity index (χ2v) is 14.2. The molecular formula is C44H25N6O+3. The third-order valence-corrected chi connectivity index (χ3v) is 12.1. The summed E-state index contributed by atoms with van der Waals surface area (Å²) in [6, 6.07) is 53.0. The summed E-state index contributed by atoms with van der Waals surface area (Å²) >= 11 is 0. The maximum atomic E-state index is 6.97. The molecule has 5 aliphatic rings. The van der Waals surface area contributed by atoms with Crippen LogP contribution in [0.4, 0.5) is 5.69 Å². The zero-order chi connectivity index (χ0) is 32.8. The summed E-state index contributed by atoms with van der Waals surface area (Å²) in [5.41, 5.74) is 15.9. The highest BCUT2D eigenvalue weighted by Crippen LogP contribution is 2.64. The molecule has 4 aliphatic heterocycles. The summed E-state index contributed by atoms with van der Waals surface area (Å²) in [5, 5.41) is 7.97. The molecule has 7 heteroatoms. The number of nitrogens with zero attached hydrogens (tertiary/aromatic N) is 6. The van der Waals surface area contributed by atoms with Gasteiger partial charge in [0.2, 0.25) is 21.9 Å². The Morgan fingerprint density at radius 1 is 0.647 bits per heavy atom. The van der Waals surface area contributed by atoms with Gasteiger partial charge in [0, 0.05) is 43.7 Å². The lowest BCUT2D eigenvalue weighted by Crippen LogP contribution is -2.88. The van der Waals surface area contributed by atoms with E-state index in [0.717, 1.165) is 51.3 Å². The number of hydrogen-bond acceptors (Lipinski definition) is 2. The summed E-state index contributed by atoms with van der Waals surface area (Å²) < 4.78 is 14.2. The normalized spacial score (nSPS) is 17.8. The van der Waals surface area contributed by atoms with Gasteiger partial charge in [0.15, 0.2) is 6.20 Å². The predicted molar refractivity (Wildman–Crippen MR) is 193 cm³/mol. The molecule has 7 nitrogen and oxygen atoms in total. The molecule has 1 unspecified atom stereocenters. The molecule has 14 rings (SSSR count). The monoisotopic (exact) mass is 653 g/mol. The van der Waals surface area contributed by atoms with Crippen molar-refractivity contribution in [3.05, 3.63) is 174 Å². The highest BCUT2D eigenvalue weighted by Gasteiger charge is 2.73. The van der Waals surface area contributed by atoms with Crippen LogP contribution in [0.3, 0.4) is 0 Å². The molecule has 5 aromatic carbocycles. The SMILES string of the molecule is c1ccc(-c2cc3n(n2)[N+]24c5c(ccc6c5-n5c7c(cccc7c7ccc[n+]2c75)C62c5ccccc5-c5ccccc52)Oc2cccc-3[n+]24)cc1. The number of fused-ring (bicyclic) bond motifs is 10. The number of aromatic nitrogens is 5. The Kier molecular flexibility index (Phi) is 3.93. The standard InChI is InChI=1S/C44H25N6O/c1-2-11-26(12-3-1)35-25-37-36-20-9-21-39-48(36)50(49(37)45-35)42-38(51-39)23-22-34-41(42)47-40-29(30-16-10-24-46(50)43(30)47)15-8-19-33(40)44(34)31-17-6-4-13-27(31)28-14-5-7-18-32(28)44/h1-25H/q+3. The van der Waals surface area contributed by atoms with E-state index in [1.54, 1.807) is 0 Å². The molecule has 2 spiro atoms. The average molecular weight is 654 g/mol. The quantitative estimate of drug-likeness (QED) is 0.133. The van der Waals surface area contributed by atoms with Crippen LogP contribution in [0.1, 0.15) is 22.3 Å². The fourth-order valence-electron chi connectivity index (χ4n) is 10.4. The maximum Gasteiger partial charge on any atom is 0.438 e. The van der Waals surface area contributed by atoms with E-state index in [0.29, 0.717) is 0 Å². The van der Waals surface area contributed by atoms with Crippen LogP contribution in [-0.4, -0.2) is 14.5 Å². The number of benzene rings is 5. The lowest BCUT2D eigenvalue weighted by molar-refractivity contribution is -1.05. The predicted octanol–water partition coefficient (Wildman–Crippen LogP) is 8.00. The van der Waals surface area contributed by atoms with Gasteiger partial charge in [0.25, 0.3) is 0 Å². The van der Waals surface area contributed by atoms with Crippen molar-refractivity contribution in [3.8, 4) is 51.1 Å². The van der Waals surface area contributed by atoms with E-state index in [1.165, 1.54) is 49.7 Å². The third kappa shape index (κ3) is 2.41. The summed E-state index contributed by atoms with van der Waals surface area (Å²) in [4.78, 5) is 2.37. The van der Waals surface area contributed by atoms with Crippen LogP contribution in [0.25, 0.3) is 61.4 Å². The Balaban J connectivity index is 1.26. The summed E-state index contributed by atoms with van der Waals surface area (Å²) in [6.07, 6.45) is 2.21. The first kappa shape index (κ1) is 25.2. The van der Waals surface area contributed by atoms with Crippen LogP contribution in [0, 0.1) is 0 Å².